The second kappa shape index (κ2) is 18.4. The maximum Gasteiger partial charge on any atom is 0.325 e. The Morgan fingerprint density at radius 1 is 0.795 bits per heavy atom. The highest BCUT2D eigenvalue weighted by Crippen LogP contribution is 2.07. The summed E-state index contributed by atoms with van der Waals surface area (Å²) < 4.78 is 0. The van der Waals surface area contributed by atoms with Crippen LogP contribution in [0.2, 0.25) is 0 Å². The largest absolute Gasteiger partial charge is 0.480 e. The number of primary amides is 1. The van der Waals surface area contributed by atoms with Crippen molar-refractivity contribution < 1.29 is 48.6 Å². The quantitative estimate of drug-likeness (QED) is 0.0688. The molecule has 1 heterocycles. The number of aliphatic carboxylic acids is 1. The van der Waals surface area contributed by atoms with Crippen molar-refractivity contribution in [1.29, 1.82) is 0 Å². The standard InChI is InChI=1S/C26H44N8O10/c1-12(2)7-18(25(42)32-14(4)26(43)44)34-21(38)10-29-22(39)13(3)31-24(41)16(5-6-19(27)36)33-20(37)11-30-23(40)17-8-15(35)9-28-17/h12-18,28,35H,5-11H2,1-4H3,(H2,27,36)(H,29,39)(H,30,40)(H,31,41)(H,32,42)(H,33,37)(H,34,38)(H,43,44)/t13-,14-,15+,16-,17-,18-/m0/s1. The van der Waals surface area contributed by atoms with Crippen LogP contribution in [0.25, 0.3) is 0 Å². The minimum Gasteiger partial charge on any atom is -0.480 e. The third kappa shape index (κ3) is 14.2. The molecule has 0 aliphatic carbocycles. The lowest BCUT2D eigenvalue weighted by Crippen LogP contribution is -2.56. The van der Waals surface area contributed by atoms with Crippen LogP contribution < -0.4 is 43.0 Å². The fourth-order valence-electron chi connectivity index (χ4n) is 4.03. The van der Waals surface area contributed by atoms with Crippen LogP contribution in [0.3, 0.4) is 0 Å². The van der Waals surface area contributed by atoms with Crippen molar-refractivity contribution in [2.75, 3.05) is 19.6 Å². The van der Waals surface area contributed by atoms with Gasteiger partial charge in [-0.1, -0.05) is 13.8 Å². The number of nitrogens with one attached hydrogen (secondary N) is 7. The molecule has 18 heteroatoms. The number of rotatable bonds is 18. The zero-order chi connectivity index (χ0) is 33.6. The predicted molar refractivity (Wildman–Crippen MR) is 153 cm³/mol. The normalized spacial score (nSPS) is 18.6. The summed E-state index contributed by atoms with van der Waals surface area (Å²) in [6.07, 6.45) is -0.775. The first-order valence-corrected chi connectivity index (χ1v) is 14.2. The molecule has 0 saturated carbocycles. The summed E-state index contributed by atoms with van der Waals surface area (Å²) in [5, 5.41) is 35.5. The number of hydrogen-bond donors (Lipinski definition) is 10. The molecule has 7 amide bonds. The Balaban J connectivity index is 2.67. The maximum absolute atomic E-state index is 12.8. The lowest BCUT2D eigenvalue weighted by atomic mass is 10.0. The highest BCUT2D eigenvalue weighted by atomic mass is 16.4. The summed E-state index contributed by atoms with van der Waals surface area (Å²) in [6, 6.07) is -5.40. The van der Waals surface area contributed by atoms with E-state index in [4.69, 9.17) is 10.8 Å². The van der Waals surface area contributed by atoms with Crippen LogP contribution in [0.15, 0.2) is 0 Å². The van der Waals surface area contributed by atoms with E-state index >= 15 is 0 Å². The molecular formula is C26H44N8O10. The van der Waals surface area contributed by atoms with Gasteiger partial charge >= 0.3 is 5.97 Å². The molecule has 0 aromatic carbocycles. The van der Waals surface area contributed by atoms with E-state index in [1.165, 1.54) is 13.8 Å². The number of nitrogens with two attached hydrogens (primary N) is 1. The first kappa shape index (κ1) is 37.7. The molecule has 1 fully saturated rings. The molecule has 0 aromatic rings. The maximum atomic E-state index is 12.8. The number of carbonyl (C=O) groups is 8. The smallest absolute Gasteiger partial charge is 0.325 e. The van der Waals surface area contributed by atoms with Gasteiger partial charge in [0.25, 0.3) is 0 Å². The second-order valence-electron chi connectivity index (χ2n) is 11.0. The Kier molecular flexibility index (Phi) is 15.7. The van der Waals surface area contributed by atoms with Crippen molar-refractivity contribution in [2.45, 2.75) is 89.7 Å². The van der Waals surface area contributed by atoms with Gasteiger partial charge in [-0.25, -0.2) is 0 Å². The number of hydrogen-bond acceptors (Lipinski definition) is 10. The molecule has 0 aromatic heterocycles. The highest BCUT2D eigenvalue weighted by molar-refractivity contribution is 5.95. The lowest BCUT2D eigenvalue weighted by Gasteiger charge is -2.22. The Hall–Kier alpha value is -4.32. The van der Waals surface area contributed by atoms with E-state index in [0.29, 0.717) is 0 Å². The molecular weight excluding hydrogens is 584 g/mol. The average molecular weight is 629 g/mol. The van der Waals surface area contributed by atoms with Crippen molar-refractivity contribution in [1.82, 2.24) is 37.2 Å². The van der Waals surface area contributed by atoms with Gasteiger partial charge in [-0.15, -0.1) is 0 Å². The van der Waals surface area contributed by atoms with Gasteiger partial charge in [0.15, 0.2) is 0 Å². The summed E-state index contributed by atoms with van der Waals surface area (Å²) in [7, 11) is 0. The van der Waals surface area contributed by atoms with Gasteiger partial charge < -0.3 is 53.2 Å². The van der Waals surface area contributed by atoms with E-state index in [2.05, 4.69) is 37.2 Å². The first-order valence-electron chi connectivity index (χ1n) is 14.2. The number of carboxylic acid groups (broad SMARTS) is 1. The summed E-state index contributed by atoms with van der Waals surface area (Å²) in [5.74, 6) is -6.36. The van der Waals surface area contributed by atoms with Crippen LogP contribution in [0.4, 0.5) is 0 Å². The Morgan fingerprint density at radius 3 is 1.86 bits per heavy atom. The van der Waals surface area contributed by atoms with E-state index in [1.807, 2.05) is 0 Å². The summed E-state index contributed by atoms with van der Waals surface area (Å²) in [6.45, 7) is 5.35. The number of carbonyl (C=O) groups excluding carboxylic acids is 7. The van der Waals surface area contributed by atoms with Crippen LogP contribution in [0.5, 0.6) is 0 Å². The number of aliphatic hydroxyl groups is 1. The van der Waals surface area contributed by atoms with Crippen molar-refractivity contribution in [3.63, 3.8) is 0 Å². The molecule has 0 spiro atoms. The number of carboxylic acids is 1. The molecule has 1 aliphatic heterocycles. The van der Waals surface area contributed by atoms with Crippen LogP contribution >= 0.6 is 0 Å². The van der Waals surface area contributed by atoms with Gasteiger partial charge in [-0.05, 0) is 39.0 Å². The summed E-state index contributed by atoms with van der Waals surface area (Å²) >= 11 is 0. The van der Waals surface area contributed by atoms with E-state index in [-0.39, 0.29) is 38.1 Å². The van der Waals surface area contributed by atoms with E-state index in [1.54, 1.807) is 13.8 Å². The third-order valence-electron chi connectivity index (χ3n) is 6.44. The topological polar surface area (TPSA) is 287 Å². The first-order chi connectivity index (χ1) is 20.5. The second-order valence-corrected chi connectivity index (χ2v) is 11.0. The molecule has 11 N–H and O–H groups in total. The minimum absolute atomic E-state index is 0.0337. The lowest BCUT2D eigenvalue weighted by molar-refractivity contribution is -0.141. The van der Waals surface area contributed by atoms with Crippen molar-refractivity contribution in [2.24, 2.45) is 11.7 Å². The van der Waals surface area contributed by atoms with Gasteiger partial charge in [0, 0.05) is 13.0 Å². The average Bonchev–Trinajstić information content (AvgIpc) is 3.37. The van der Waals surface area contributed by atoms with E-state index in [0.717, 1.165) is 0 Å². The molecule has 44 heavy (non-hydrogen) atoms. The number of β-amino-alcohol motifs (C(OH)–C–C–N with tert-alkyl or cyclic N) is 1. The third-order valence-corrected chi connectivity index (χ3v) is 6.44. The van der Waals surface area contributed by atoms with E-state index < -0.39 is 96.7 Å². The number of aliphatic hydroxyl groups excluding tert-OH is 1. The Bertz CT molecular complexity index is 1090. The molecule has 1 aliphatic rings. The molecule has 248 valence electrons. The molecule has 0 radical (unpaired) electrons. The summed E-state index contributed by atoms with van der Waals surface area (Å²) in [4.78, 5) is 97.2. The van der Waals surface area contributed by atoms with Crippen LogP contribution in [0.1, 0.15) is 53.4 Å². The van der Waals surface area contributed by atoms with E-state index in [9.17, 15) is 43.5 Å². The van der Waals surface area contributed by atoms with Crippen LogP contribution in [0, 0.1) is 5.92 Å². The molecule has 1 saturated heterocycles. The predicted octanol–water partition coefficient (Wildman–Crippen LogP) is -4.68. The molecule has 1 rings (SSSR count). The molecule has 0 bridgehead atoms. The van der Waals surface area contributed by atoms with Gasteiger partial charge in [-0.2, -0.15) is 0 Å². The SMILES string of the molecule is CC(C)C[C@H](NC(=O)CNC(=O)[C@H](C)NC(=O)[C@H](CCC(N)=O)NC(=O)CNC(=O)[C@@H]1C[C@@H](O)CN1)C(=O)N[C@@H](C)C(=O)O. The highest BCUT2D eigenvalue weighted by Gasteiger charge is 2.30. The van der Waals surface area contributed by atoms with Crippen LogP contribution in [-0.4, -0.2) is 113 Å². The number of amides is 7. The summed E-state index contributed by atoms with van der Waals surface area (Å²) in [5.41, 5.74) is 5.16. The van der Waals surface area contributed by atoms with Gasteiger partial charge in [0.2, 0.25) is 41.4 Å². The Labute approximate surface area is 254 Å². The van der Waals surface area contributed by atoms with Gasteiger partial charge in [-0.3, -0.25) is 38.4 Å². The molecule has 6 atom stereocenters. The fourth-order valence-corrected chi connectivity index (χ4v) is 4.03. The zero-order valence-electron chi connectivity index (χ0n) is 25.2. The zero-order valence-corrected chi connectivity index (χ0v) is 25.2. The molecule has 18 nitrogen and oxygen atoms in total. The van der Waals surface area contributed by atoms with Crippen LogP contribution in [-0.2, 0) is 38.4 Å². The van der Waals surface area contributed by atoms with Crippen molar-refractivity contribution in [3.8, 4) is 0 Å². The van der Waals surface area contributed by atoms with Gasteiger partial charge in [0.05, 0.1) is 25.2 Å². The van der Waals surface area contributed by atoms with Gasteiger partial charge in [0.1, 0.15) is 24.2 Å². The van der Waals surface area contributed by atoms with Crippen molar-refractivity contribution in [3.05, 3.63) is 0 Å². The minimum atomic E-state index is -1.29. The monoisotopic (exact) mass is 628 g/mol. The fraction of sp³-hybridized carbons (Fsp3) is 0.692. The molecule has 0 unspecified atom stereocenters. The van der Waals surface area contributed by atoms with Crippen molar-refractivity contribution >= 4 is 47.3 Å². The Morgan fingerprint density at radius 2 is 1.34 bits per heavy atom.